The van der Waals surface area contributed by atoms with Crippen LogP contribution in [0.15, 0.2) is 0 Å². The molecule has 0 aromatic rings. The minimum atomic E-state index is -4.74. The predicted octanol–water partition coefficient (Wildman–Crippen LogP) is 2.37. The first kappa shape index (κ1) is 16.2. The zero-order valence-electron chi connectivity index (χ0n) is 9.97. The molecule has 1 aliphatic carbocycles. The quantitative estimate of drug-likeness (QED) is 0.626. The average molecular weight is 304 g/mol. The van der Waals surface area contributed by atoms with E-state index in [1.165, 1.54) is 0 Å². The van der Waals surface area contributed by atoms with E-state index in [9.17, 15) is 27.2 Å². The van der Waals surface area contributed by atoms with E-state index in [1.54, 1.807) is 0 Å². The summed E-state index contributed by atoms with van der Waals surface area (Å²) in [6.07, 6.45) is -2.00. The summed E-state index contributed by atoms with van der Waals surface area (Å²) in [7, 11) is 0. The van der Waals surface area contributed by atoms with Gasteiger partial charge in [-0.05, 0) is 12.8 Å². The number of alkyl halides is 5. The van der Waals surface area contributed by atoms with Crippen molar-refractivity contribution in [1.29, 1.82) is 0 Å². The third-order valence-electron chi connectivity index (χ3n) is 3.20. The standard InChI is InChI=1S/C11H14ClF4NO2/c12-5-8(18)6-3-1-2-4-7(6)17-10(19)11(15,16)9(13)14/h6-7,9H,1-5H2,(H,17,19). The molecule has 0 aliphatic heterocycles. The van der Waals surface area contributed by atoms with E-state index in [1.807, 2.05) is 5.32 Å². The van der Waals surface area contributed by atoms with Crippen molar-refractivity contribution in [2.45, 2.75) is 44.1 Å². The van der Waals surface area contributed by atoms with Crippen LogP contribution < -0.4 is 5.32 Å². The van der Waals surface area contributed by atoms with E-state index in [-0.39, 0.29) is 11.7 Å². The largest absolute Gasteiger partial charge is 0.383 e. The molecule has 2 unspecified atom stereocenters. The van der Waals surface area contributed by atoms with Gasteiger partial charge in [0.15, 0.2) is 5.78 Å². The number of amides is 1. The van der Waals surface area contributed by atoms with Crippen molar-refractivity contribution in [3.05, 3.63) is 0 Å². The highest BCUT2D eigenvalue weighted by atomic mass is 35.5. The predicted molar refractivity (Wildman–Crippen MR) is 60.6 cm³/mol. The minimum absolute atomic E-state index is 0.289. The lowest BCUT2D eigenvalue weighted by atomic mass is 9.82. The van der Waals surface area contributed by atoms with Crippen LogP contribution in [0.4, 0.5) is 17.6 Å². The Hall–Kier alpha value is -0.850. The first-order chi connectivity index (χ1) is 8.80. The molecule has 3 nitrogen and oxygen atoms in total. The zero-order chi connectivity index (χ0) is 14.6. The molecular weight excluding hydrogens is 290 g/mol. The smallest absolute Gasteiger partial charge is 0.347 e. The van der Waals surface area contributed by atoms with Crippen LogP contribution in [-0.2, 0) is 9.59 Å². The lowest BCUT2D eigenvalue weighted by Crippen LogP contribution is -2.53. The Morgan fingerprint density at radius 1 is 1.26 bits per heavy atom. The van der Waals surface area contributed by atoms with Gasteiger partial charge in [0, 0.05) is 12.0 Å². The number of nitrogens with one attached hydrogen (secondary N) is 1. The van der Waals surface area contributed by atoms with Crippen molar-refractivity contribution >= 4 is 23.3 Å². The summed E-state index contributed by atoms with van der Waals surface area (Å²) >= 11 is 5.40. The van der Waals surface area contributed by atoms with E-state index in [4.69, 9.17) is 11.6 Å². The number of carbonyl (C=O) groups is 2. The molecule has 1 rings (SSSR count). The van der Waals surface area contributed by atoms with Crippen LogP contribution in [0.1, 0.15) is 25.7 Å². The van der Waals surface area contributed by atoms with Crippen LogP contribution >= 0.6 is 11.6 Å². The fourth-order valence-corrected chi connectivity index (χ4v) is 2.35. The van der Waals surface area contributed by atoms with Crippen molar-refractivity contribution in [2.75, 3.05) is 5.88 Å². The molecule has 1 fully saturated rings. The molecule has 1 N–H and O–H groups in total. The van der Waals surface area contributed by atoms with E-state index in [2.05, 4.69) is 0 Å². The second kappa shape index (κ2) is 6.54. The molecule has 0 saturated heterocycles. The van der Waals surface area contributed by atoms with Gasteiger partial charge in [0.1, 0.15) is 0 Å². The zero-order valence-corrected chi connectivity index (χ0v) is 10.7. The topological polar surface area (TPSA) is 46.2 Å². The highest BCUT2D eigenvalue weighted by Crippen LogP contribution is 2.28. The number of carbonyl (C=O) groups excluding carboxylic acids is 2. The molecule has 0 aromatic heterocycles. The molecule has 0 heterocycles. The molecule has 110 valence electrons. The summed E-state index contributed by atoms with van der Waals surface area (Å²) < 4.78 is 49.7. The van der Waals surface area contributed by atoms with Gasteiger partial charge in [0.25, 0.3) is 5.91 Å². The highest BCUT2D eigenvalue weighted by Gasteiger charge is 2.50. The van der Waals surface area contributed by atoms with Crippen molar-refractivity contribution in [1.82, 2.24) is 5.32 Å². The lowest BCUT2D eigenvalue weighted by molar-refractivity contribution is -0.170. The third-order valence-corrected chi connectivity index (χ3v) is 3.47. The van der Waals surface area contributed by atoms with Gasteiger partial charge in [-0.3, -0.25) is 9.59 Å². The maximum atomic E-state index is 12.8. The van der Waals surface area contributed by atoms with Crippen LogP contribution in [0, 0.1) is 5.92 Å². The Labute approximate surface area is 112 Å². The maximum Gasteiger partial charge on any atom is 0.383 e. The Balaban J connectivity index is 2.73. The summed E-state index contributed by atoms with van der Waals surface area (Å²) in [4.78, 5) is 22.7. The summed E-state index contributed by atoms with van der Waals surface area (Å²) in [5.41, 5.74) is 0. The van der Waals surface area contributed by atoms with Gasteiger partial charge in [-0.15, -0.1) is 11.6 Å². The van der Waals surface area contributed by atoms with Crippen molar-refractivity contribution in [3.63, 3.8) is 0 Å². The Morgan fingerprint density at radius 2 is 1.84 bits per heavy atom. The Morgan fingerprint density at radius 3 is 2.37 bits per heavy atom. The Kier molecular flexibility index (Phi) is 5.58. The van der Waals surface area contributed by atoms with Gasteiger partial charge >= 0.3 is 12.3 Å². The van der Waals surface area contributed by atoms with E-state index in [0.717, 1.165) is 0 Å². The van der Waals surface area contributed by atoms with Crippen LogP contribution in [-0.4, -0.2) is 36.0 Å². The summed E-state index contributed by atoms with van der Waals surface area (Å²) in [5, 5.41) is 1.86. The van der Waals surface area contributed by atoms with Gasteiger partial charge in [-0.2, -0.15) is 8.78 Å². The summed E-state index contributed by atoms with van der Waals surface area (Å²) in [6.45, 7) is 0. The second-order valence-corrected chi connectivity index (χ2v) is 4.76. The van der Waals surface area contributed by atoms with Crippen LogP contribution in [0.25, 0.3) is 0 Å². The number of rotatable bonds is 5. The van der Waals surface area contributed by atoms with E-state index < -0.39 is 30.2 Å². The molecule has 0 radical (unpaired) electrons. The summed E-state index contributed by atoms with van der Waals surface area (Å²) in [5.74, 6) is -8.12. The summed E-state index contributed by atoms with van der Waals surface area (Å²) in [6, 6.07) is -0.850. The third kappa shape index (κ3) is 3.81. The van der Waals surface area contributed by atoms with Gasteiger partial charge in [0.2, 0.25) is 0 Å². The Bertz CT molecular complexity index is 352. The first-order valence-corrected chi connectivity index (χ1v) is 6.39. The normalized spacial score (nSPS) is 24.3. The van der Waals surface area contributed by atoms with Gasteiger partial charge in [-0.25, -0.2) is 8.78 Å². The van der Waals surface area contributed by atoms with Gasteiger partial charge in [0.05, 0.1) is 5.88 Å². The number of Topliss-reactive ketones (excluding diaryl/α,β-unsaturated/α-hetero) is 1. The van der Waals surface area contributed by atoms with Crippen molar-refractivity contribution < 1.29 is 27.2 Å². The molecule has 2 atom stereocenters. The number of halogens is 5. The fourth-order valence-electron chi connectivity index (χ4n) is 2.15. The number of ketones is 1. The molecule has 19 heavy (non-hydrogen) atoms. The van der Waals surface area contributed by atoms with E-state index in [0.29, 0.717) is 25.7 Å². The van der Waals surface area contributed by atoms with E-state index >= 15 is 0 Å². The van der Waals surface area contributed by atoms with Crippen molar-refractivity contribution in [3.8, 4) is 0 Å². The SMILES string of the molecule is O=C(CCl)C1CCCCC1NC(=O)C(F)(F)C(F)F. The first-order valence-electron chi connectivity index (χ1n) is 5.86. The van der Waals surface area contributed by atoms with Gasteiger partial charge < -0.3 is 5.32 Å². The highest BCUT2D eigenvalue weighted by molar-refractivity contribution is 6.28. The monoisotopic (exact) mass is 303 g/mol. The molecule has 1 saturated carbocycles. The lowest BCUT2D eigenvalue weighted by Gasteiger charge is -2.31. The van der Waals surface area contributed by atoms with Crippen LogP contribution in [0.3, 0.4) is 0 Å². The molecule has 0 bridgehead atoms. The van der Waals surface area contributed by atoms with Crippen LogP contribution in [0.2, 0.25) is 0 Å². The minimum Gasteiger partial charge on any atom is -0.347 e. The van der Waals surface area contributed by atoms with Crippen molar-refractivity contribution in [2.24, 2.45) is 5.92 Å². The fraction of sp³-hybridized carbons (Fsp3) is 0.818. The number of hydrogen-bond donors (Lipinski definition) is 1. The van der Waals surface area contributed by atoms with Gasteiger partial charge in [-0.1, -0.05) is 12.8 Å². The molecule has 0 aromatic carbocycles. The maximum absolute atomic E-state index is 12.8. The average Bonchev–Trinajstić information content (AvgIpc) is 2.38. The molecule has 1 aliphatic rings. The molecule has 0 spiro atoms. The number of hydrogen-bond acceptors (Lipinski definition) is 2. The molecule has 8 heteroatoms. The molecular formula is C11H14ClF4NO2. The molecule has 1 amide bonds. The second-order valence-electron chi connectivity index (χ2n) is 4.49. The van der Waals surface area contributed by atoms with Crippen LogP contribution in [0.5, 0.6) is 0 Å².